The molecule has 1 fully saturated rings. The van der Waals surface area contributed by atoms with Crippen LogP contribution in [0.5, 0.6) is 0 Å². The van der Waals surface area contributed by atoms with Gasteiger partial charge in [0.1, 0.15) is 0 Å². The Bertz CT molecular complexity index is 752. The van der Waals surface area contributed by atoms with Crippen LogP contribution in [0.1, 0.15) is 0 Å². The highest BCUT2D eigenvalue weighted by Crippen LogP contribution is 2.22. The number of ether oxygens (including phenoxy) is 1. The molecule has 12 heteroatoms. The highest BCUT2D eigenvalue weighted by Gasteiger charge is 2.30. The molecule has 152 valence electrons. The number of carbonyl (C=O) groups is 1. The molecule has 1 saturated heterocycles. The lowest BCUT2D eigenvalue weighted by molar-refractivity contribution is -0.385. The number of benzene rings is 1. The van der Waals surface area contributed by atoms with Gasteiger partial charge >= 0.3 is 0 Å². The molecule has 0 unspecified atom stereocenters. The first-order valence-corrected chi connectivity index (χ1v) is 9.52. The fourth-order valence-corrected chi connectivity index (χ4v) is 4.03. The zero-order chi connectivity index (χ0) is 19.2. The predicted octanol–water partition coefficient (Wildman–Crippen LogP) is 0.0855. The van der Waals surface area contributed by atoms with Crippen molar-refractivity contribution in [3.05, 3.63) is 34.4 Å². The highest BCUT2D eigenvalue weighted by atomic mass is 35.5. The van der Waals surface area contributed by atoms with Gasteiger partial charge in [0.05, 0.1) is 23.0 Å². The normalized spacial score (nSPS) is 15.2. The second-order valence-corrected chi connectivity index (χ2v) is 7.65. The summed E-state index contributed by atoms with van der Waals surface area (Å²) in [5.74, 6) is -0.103. The number of piperazine rings is 1. The number of amides is 1. The van der Waals surface area contributed by atoms with Crippen molar-refractivity contribution in [1.82, 2.24) is 14.5 Å². The second-order valence-electron chi connectivity index (χ2n) is 5.71. The number of halogens is 1. The Kier molecular flexibility index (Phi) is 9.06. The van der Waals surface area contributed by atoms with Crippen LogP contribution in [-0.2, 0) is 19.6 Å². The minimum Gasteiger partial charge on any atom is -0.383 e. The molecule has 0 atom stereocenters. The largest absolute Gasteiger partial charge is 0.383 e. The van der Waals surface area contributed by atoms with Crippen LogP contribution in [0.2, 0.25) is 0 Å². The Morgan fingerprint density at radius 2 is 1.96 bits per heavy atom. The first-order chi connectivity index (χ1) is 12.4. The van der Waals surface area contributed by atoms with Crippen LogP contribution in [0.15, 0.2) is 29.2 Å². The number of carbonyl (C=O) groups excluding carboxylic acids is 1. The summed E-state index contributed by atoms with van der Waals surface area (Å²) in [6.07, 6.45) is 0. The molecule has 0 radical (unpaired) electrons. The molecule has 0 bridgehead atoms. The minimum atomic E-state index is -3.83. The number of sulfonamides is 1. The van der Waals surface area contributed by atoms with E-state index in [1.165, 1.54) is 22.5 Å². The maximum Gasteiger partial charge on any atom is 0.270 e. The summed E-state index contributed by atoms with van der Waals surface area (Å²) in [4.78, 5) is 23.8. The van der Waals surface area contributed by atoms with Gasteiger partial charge in [-0.05, 0) is 6.07 Å². The van der Waals surface area contributed by atoms with Gasteiger partial charge in [-0.2, -0.15) is 4.31 Å². The molecule has 27 heavy (non-hydrogen) atoms. The number of nitro benzene ring substituents is 1. The van der Waals surface area contributed by atoms with Gasteiger partial charge in [0, 0.05) is 52.0 Å². The van der Waals surface area contributed by atoms with Crippen molar-refractivity contribution in [2.24, 2.45) is 0 Å². The van der Waals surface area contributed by atoms with Gasteiger partial charge < -0.3 is 15.0 Å². The Hall–Kier alpha value is -1.79. The monoisotopic (exact) mass is 422 g/mol. The summed E-state index contributed by atoms with van der Waals surface area (Å²) in [5, 5.41) is 13.8. The first kappa shape index (κ1) is 23.2. The van der Waals surface area contributed by atoms with Gasteiger partial charge in [0.25, 0.3) is 5.69 Å². The van der Waals surface area contributed by atoms with Gasteiger partial charge in [-0.25, -0.2) is 8.42 Å². The fraction of sp³-hybridized carbons (Fsp3) is 0.533. The van der Waals surface area contributed by atoms with Crippen LogP contribution >= 0.6 is 12.4 Å². The lowest BCUT2D eigenvalue weighted by Gasteiger charge is -2.34. The van der Waals surface area contributed by atoms with Gasteiger partial charge in [0.15, 0.2) is 0 Å². The highest BCUT2D eigenvalue weighted by molar-refractivity contribution is 7.89. The number of hydrogen-bond acceptors (Lipinski definition) is 7. The Balaban J connectivity index is 0.00000364. The fourth-order valence-electron chi connectivity index (χ4n) is 2.57. The number of nitro groups is 1. The van der Waals surface area contributed by atoms with Crippen molar-refractivity contribution in [2.45, 2.75) is 4.90 Å². The quantitative estimate of drug-likeness (QED) is 0.357. The first-order valence-electron chi connectivity index (χ1n) is 8.08. The zero-order valence-corrected chi connectivity index (χ0v) is 16.5. The van der Waals surface area contributed by atoms with Crippen LogP contribution in [0.25, 0.3) is 0 Å². The number of methoxy groups -OCH3 is 1. The lowest BCUT2D eigenvalue weighted by atomic mass is 10.3. The third-order valence-electron chi connectivity index (χ3n) is 4.02. The third-order valence-corrected chi connectivity index (χ3v) is 5.91. The molecule has 1 amide bonds. The molecule has 0 aromatic heterocycles. The van der Waals surface area contributed by atoms with E-state index in [1.807, 2.05) is 0 Å². The average molecular weight is 423 g/mol. The Morgan fingerprint density at radius 3 is 2.56 bits per heavy atom. The van der Waals surface area contributed by atoms with Crippen molar-refractivity contribution >= 4 is 34.0 Å². The molecule has 1 aliphatic heterocycles. The second kappa shape index (κ2) is 10.5. The van der Waals surface area contributed by atoms with Crippen molar-refractivity contribution in [1.29, 1.82) is 0 Å². The van der Waals surface area contributed by atoms with Crippen LogP contribution < -0.4 is 5.32 Å². The van der Waals surface area contributed by atoms with E-state index in [4.69, 9.17) is 4.74 Å². The molecule has 2 rings (SSSR count). The standard InChI is InChI=1S/C15H22N4O6S.ClH/c1-25-10-5-16-12-15(20)17-6-8-18(9-7-17)26(23,24)14-4-2-3-13(11-14)19(21)22;/h2-4,11,16H,5-10,12H2,1H3;1H. The molecule has 1 aromatic rings. The number of nitrogens with one attached hydrogen (secondary N) is 1. The average Bonchev–Trinajstić information content (AvgIpc) is 2.65. The van der Waals surface area contributed by atoms with Crippen LogP contribution in [0.4, 0.5) is 5.69 Å². The number of nitrogens with zero attached hydrogens (tertiary/aromatic N) is 3. The third kappa shape index (κ3) is 6.11. The molecule has 0 saturated carbocycles. The van der Waals surface area contributed by atoms with Crippen LogP contribution in [0, 0.1) is 10.1 Å². The van der Waals surface area contributed by atoms with Gasteiger partial charge in [-0.3, -0.25) is 14.9 Å². The van der Waals surface area contributed by atoms with Gasteiger partial charge in [-0.1, -0.05) is 6.07 Å². The van der Waals surface area contributed by atoms with E-state index in [2.05, 4.69) is 5.32 Å². The number of non-ortho nitro benzene ring substituents is 1. The Morgan fingerprint density at radius 1 is 1.30 bits per heavy atom. The number of rotatable bonds is 8. The molecule has 1 N–H and O–H groups in total. The summed E-state index contributed by atoms with van der Waals surface area (Å²) < 4.78 is 31.4. The SMILES string of the molecule is COCCNCC(=O)N1CCN(S(=O)(=O)c2cccc([N+](=O)[O-])c2)CC1.Cl. The van der Waals surface area contributed by atoms with E-state index in [-0.39, 0.29) is 61.6 Å². The van der Waals surface area contributed by atoms with Crippen molar-refractivity contribution < 1.29 is 22.9 Å². The summed E-state index contributed by atoms with van der Waals surface area (Å²) in [6, 6.07) is 4.97. The number of hydrogen-bond donors (Lipinski definition) is 1. The smallest absolute Gasteiger partial charge is 0.270 e. The van der Waals surface area contributed by atoms with Crippen LogP contribution in [0.3, 0.4) is 0 Å². The van der Waals surface area contributed by atoms with E-state index in [0.717, 1.165) is 6.07 Å². The molecule has 0 aliphatic carbocycles. The molecule has 10 nitrogen and oxygen atoms in total. The van der Waals surface area contributed by atoms with Gasteiger partial charge in [0.2, 0.25) is 15.9 Å². The van der Waals surface area contributed by atoms with Gasteiger partial charge in [-0.15, -0.1) is 12.4 Å². The Labute approximate surface area is 164 Å². The van der Waals surface area contributed by atoms with E-state index < -0.39 is 14.9 Å². The van der Waals surface area contributed by atoms with Crippen LogP contribution in [-0.4, -0.2) is 81.4 Å². The maximum absolute atomic E-state index is 12.7. The van der Waals surface area contributed by atoms with E-state index in [1.54, 1.807) is 12.0 Å². The lowest BCUT2D eigenvalue weighted by Crippen LogP contribution is -2.52. The van der Waals surface area contributed by atoms with Crippen molar-refractivity contribution in [3.8, 4) is 0 Å². The zero-order valence-electron chi connectivity index (χ0n) is 14.9. The summed E-state index contributed by atoms with van der Waals surface area (Å²) in [6.45, 7) is 2.08. The van der Waals surface area contributed by atoms with Crippen molar-refractivity contribution in [2.75, 3.05) is 53.0 Å². The summed E-state index contributed by atoms with van der Waals surface area (Å²) in [7, 11) is -2.26. The molecular formula is C15H23ClN4O6S. The minimum absolute atomic E-state index is 0. The molecule has 0 spiro atoms. The van der Waals surface area contributed by atoms with E-state index in [9.17, 15) is 23.3 Å². The summed E-state index contributed by atoms with van der Waals surface area (Å²) >= 11 is 0. The molecule has 1 aromatic carbocycles. The molecule has 1 aliphatic rings. The predicted molar refractivity (Wildman–Crippen MR) is 100 cm³/mol. The van der Waals surface area contributed by atoms with E-state index >= 15 is 0 Å². The summed E-state index contributed by atoms with van der Waals surface area (Å²) in [5.41, 5.74) is -0.276. The molecule has 1 heterocycles. The molecular weight excluding hydrogens is 400 g/mol. The van der Waals surface area contributed by atoms with E-state index in [0.29, 0.717) is 13.2 Å². The maximum atomic E-state index is 12.7. The topological polar surface area (TPSA) is 122 Å². The van der Waals surface area contributed by atoms with Crippen molar-refractivity contribution in [3.63, 3.8) is 0 Å².